The molecule has 2 aromatic carbocycles. The fraction of sp³-hybridized carbons (Fsp3) is 0.167. The Hall–Kier alpha value is -1.91. The molecule has 0 fully saturated rings. The molecule has 22 heavy (non-hydrogen) atoms. The maximum absolute atomic E-state index is 5.67. The first-order valence-corrected chi connectivity index (χ1v) is 8.14. The van der Waals surface area contributed by atoms with E-state index in [4.69, 9.17) is 10.7 Å². The van der Waals surface area contributed by atoms with Crippen LogP contribution in [-0.2, 0) is 13.0 Å². The number of hydrogen-bond acceptors (Lipinski definition) is 2. The predicted molar refractivity (Wildman–Crippen MR) is 94.0 cm³/mol. The van der Waals surface area contributed by atoms with Crippen molar-refractivity contribution in [2.24, 2.45) is 5.73 Å². The second kappa shape index (κ2) is 6.46. The van der Waals surface area contributed by atoms with Crippen LogP contribution in [0, 0.1) is 0 Å². The molecule has 0 atom stereocenters. The summed E-state index contributed by atoms with van der Waals surface area (Å²) in [4.78, 5) is 4.77. The minimum atomic E-state index is 0.557. The summed E-state index contributed by atoms with van der Waals surface area (Å²) in [6.45, 7) is 2.68. The second-order valence-electron chi connectivity index (χ2n) is 5.16. The summed E-state index contributed by atoms with van der Waals surface area (Å²) >= 11 is 3.48. The lowest BCUT2D eigenvalue weighted by Gasteiger charge is -2.08. The molecule has 0 amide bonds. The monoisotopic (exact) mass is 355 g/mol. The molecular formula is C18H18BrN3. The molecular weight excluding hydrogens is 338 g/mol. The van der Waals surface area contributed by atoms with Gasteiger partial charge in [0.05, 0.1) is 5.69 Å². The fourth-order valence-corrected chi connectivity index (χ4v) is 2.66. The normalized spacial score (nSPS) is 10.9. The number of rotatable bonds is 4. The third-order valence-corrected chi connectivity index (χ3v) is 4.20. The molecule has 0 unspecified atom stereocenters. The van der Waals surface area contributed by atoms with Crippen molar-refractivity contribution in [2.75, 3.05) is 0 Å². The quantitative estimate of drug-likeness (QED) is 0.757. The summed E-state index contributed by atoms with van der Waals surface area (Å²) < 4.78 is 3.21. The van der Waals surface area contributed by atoms with Crippen LogP contribution in [0.15, 0.2) is 59.2 Å². The minimum absolute atomic E-state index is 0.557. The maximum Gasteiger partial charge on any atom is 0.144 e. The summed E-state index contributed by atoms with van der Waals surface area (Å²) in [6.07, 6.45) is 3.02. The van der Waals surface area contributed by atoms with Gasteiger partial charge in [0.2, 0.25) is 0 Å². The number of halogens is 1. The number of hydrogen-bond donors (Lipinski definition) is 1. The summed E-state index contributed by atoms with van der Waals surface area (Å²) in [5.41, 5.74) is 10.1. The summed E-state index contributed by atoms with van der Waals surface area (Å²) in [7, 11) is 0. The highest BCUT2D eigenvalue weighted by atomic mass is 79.9. The van der Waals surface area contributed by atoms with Gasteiger partial charge >= 0.3 is 0 Å². The Morgan fingerprint density at radius 1 is 1.05 bits per heavy atom. The molecule has 112 valence electrons. The Labute approximate surface area is 138 Å². The molecule has 0 spiro atoms. The van der Waals surface area contributed by atoms with Crippen LogP contribution in [-0.4, -0.2) is 9.55 Å². The number of benzene rings is 2. The number of nitrogens with two attached hydrogens (primary N) is 1. The van der Waals surface area contributed by atoms with Crippen LogP contribution in [0.5, 0.6) is 0 Å². The molecule has 0 saturated heterocycles. The van der Waals surface area contributed by atoms with Gasteiger partial charge in [0, 0.05) is 28.5 Å². The molecule has 1 heterocycles. The number of aromatic nitrogens is 2. The molecule has 3 rings (SSSR count). The van der Waals surface area contributed by atoms with Crippen molar-refractivity contribution in [1.82, 2.24) is 9.55 Å². The lowest BCUT2D eigenvalue weighted by Crippen LogP contribution is -1.98. The van der Waals surface area contributed by atoms with E-state index in [0.717, 1.165) is 39.2 Å². The van der Waals surface area contributed by atoms with Crippen molar-refractivity contribution in [3.63, 3.8) is 0 Å². The zero-order valence-corrected chi connectivity index (χ0v) is 14.0. The zero-order chi connectivity index (χ0) is 15.5. The van der Waals surface area contributed by atoms with Crippen LogP contribution in [0.25, 0.3) is 17.1 Å². The predicted octanol–water partition coefficient (Wildman–Crippen LogP) is 4.32. The van der Waals surface area contributed by atoms with Gasteiger partial charge in [-0.15, -0.1) is 0 Å². The van der Waals surface area contributed by atoms with Crippen LogP contribution < -0.4 is 5.73 Å². The summed E-state index contributed by atoms with van der Waals surface area (Å²) in [5, 5.41) is 0. The molecule has 0 bridgehead atoms. The minimum Gasteiger partial charge on any atom is -0.326 e. The molecule has 0 saturated carbocycles. The Morgan fingerprint density at radius 2 is 1.73 bits per heavy atom. The van der Waals surface area contributed by atoms with Crippen molar-refractivity contribution < 1.29 is 0 Å². The van der Waals surface area contributed by atoms with Crippen molar-refractivity contribution in [2.45, 2.75) is 19.9 Å². The highest BCUT2D eigenvalue weighted by molar-refractivity contribution is 9.10. The SMILES string of the molecule is CCc1cn(-c2ccc(Br)cc2)c(-c2ccc(CN)cc2)n1. The van der Waals surface area contributed by atoms with Crippen LogP contribution in [0.4, 0.5) is 0 Å². The second-order valence-corrected chi connectivity index (χ2v) is 6.07. The zero-order valence-electron chi connectivity index (χ0n) is 12.5. The van der Waals surface area contributed by atoms with Crippen molar-refractivity contribution in [1.29, 1.82) is 0 Å². The van der Waals surface area contributed by atoms with E-state index in [1.165, 1.54) is 0 Å². The van der Waals surface area contributed by atoms with E-state index in [1.807, 2.05) is 12.1 Å². The van der Waals surface area contributed by atoms with E-state index < -0.39 is 0 Å². The number of nitrogens with zero attached hydrogens (tertiary/aromatic N) is 2. The van der Waals surface area contributed by atoms with Crippen LogP contribution >= 0.6 is 15.9 Å². The van der Waals surface area contributed by atoms with E-state index in [1.54, 1.807) is 0 Å². The van der Waals surface area contributed by atoms with Gasteiger partial charge in [-0.05, 0) is 36.2 Å². The number of imidazole rings is 1. The first kappa shape index (κ1) is 15.0. The highest BCUT2D eigenvalue weighted by Crippen LogP contribution is 2.24. The maximum atomic E-state index is 5.67. The van der Waals surface area contributed by atoms with Gasteiger partial charge < -0.3 is 5.73 Å². The molecule has 0 aliphatic rings. The van der Waals surface area contributed by atoms with E-state index in [0.29, 0.717) is 6.54 Å². The molecule has 1 aromatic heterocycles. The van der Waals surface area contributed by atoms with Gasteiger partial charge in [0.25, 0.3) is 0 Å². The van der Waals surface area contributed by atoms with Crippen LogP contribution in [0.1, 0.15) is 18.2 Å². The highest BCUT2D eigenvalue weighted by Gasteiger charge is 2.11. The van der Waals surface area contributed by atoms with Gasteiger partial charge in [0.1, 0.15) is 5.82 Å². The standard InChI is InChI=1S/C18H18BrN3/c1-2-16-12-22(17-9-7-15(19)8-10-17)18(21-16)14-5-3-13(11-20)4-6-14/h3-10,12H,2,11,20H2,1H3. The molecule has 4 heteroatoms. The fourth-order valence-electron chi connectivity index (χ4n) is 2.39. The summed E-state index contributed by atoms with van der Waals surface area (Å²) in [6, 6.07) is 16.5. The third-order valence-electron chi connectivity index (χ3n) is 3.67. The van der Waals surface area contributed by atoms with E-state index in [2.05, 4.69) is 70.0 Å². The average Bonchev–Trinajstić information content (AvgIpc) is 3.00. The van der Waals surface area contributed by atoms with Gasteiger partial charge in [-0.2, -0.15) is 0 Å². The lowest BCUT2D eigenvalue weighted by atomic mass is 10.1. The smallest absolute Gasteiger partial charge is 0.144 e. The molecule has 0 radical (unpaired) electrons. The van der Waals surface area contributed by atoms with Gasteiger partial charge in [-0.1, -0.05) is 47.1 Å². The Bertz CT molecular complexity index is 758. The average molecular weight is 356 g/mol. The van der Waals surface area contributed by atoms with Crippen LogP contribution in [0.2, 0.25) is 0 Å². The Balaban J connectivity index is 2.09. The van der Waals surface area contributed by atoms with Crippen molar-refractivity contribution >= 4 is 15.9 Å². The van der Waals surface area contributed by atoms with E-state index in [-0.39, 0.29) is 0 Å². The van der Waals surface area contributed by atoms with Gasteiger partial charge in [0.15, 0.2) is 0 Å². The van der Waals surface area contributed by atoms with Crippen molar-refractivity contribution in [3.8, 4) is 17.1 Å². The Kier molecular flexibility index (Phi) is 4.41. The first-order chi connectivity index (χ1) is 10.7. The van der Waals surface area contributed by atoms with E-state index in [9.17, 15) is 0 Å². The molecule has 0 aliphatic heterocycles. The van der Waals surface area contributed by atoms with Crippen LogP contribution in [0.3, 0.4) is 0 Å². The Morgan fingerprint density at radius 3 is 2.32 bits per heavy atom. The van der Waals surface area contributed by atoms with Crippen molar-refractivity contribution in [3.05, 3.63) is 70.5 Å². The third kappa shape index (κ3) is 2.98. The van der Waals surface area contributed by atoms with E-state index >= 15 is 0 Å². The van der Waals surface area contributed by atoms with Gasteiger partial charge in [-0.3, -0.25) is 4.57 Å². The van der Waals surface area contributed by atoms with Gasteiger partial charge in [-0.25, -0.2) is 4.98 Å². The molecule has 2 N–H and O–H groups in total. The summed E-state index contributed by atoms with van der Waals surface area (Å²) in [5.74, 6) is 0.961. The molecule has 3 aromatic rings. The molecule has 0 aliphatic carbocycles. The largest absolute Gasteiger partial charge is 0.326 e. The topological polar surface area (TPSA) is 43.8 Å². The first-order valence-electron chi connectivity index (χ1n) is 7.35. The number of aryl methyl sites for hydroxylation is 1. The lowest BCUT2D eigenvalue weighted by molar-refractivity contribution is 1.05. The molecule has 3 nitrogen and oxygen atoms in total.